The molecule has 1 aliphatic carbocycles. The fourth-order valence-electron chi connectivity index (χ4n) is 2.73. The molecule has 1 aliphatic rings. The van der Waals surface area contributed by atoms with Crippen LogP contribution in [-0.2, 0) is 0 Å². The van der Waals surface area contributed by atoms with Crippen LogP contribution in [0.25, 0.3) is 0 Å². The maximum Gasteiger partial charge on any atom is 0.0218 e. The summed E-state index contributed by atoms with van der Waals surface area (Å²) in [6, 6.07) is 1.44. The number of nitrogens with zero attached hydrogens (tertiary/aromatic N) is 1. The summed E-state index contributed by atoms with van der Waals surface area (Å²) in [4.78, 5) is 2.56. The molecule has 2 nitrogen and oxygen atoms in total. The van der Waals surface area contributed by atoms with Crippen molar-refractivity contribution in [3.63, 3.8) is 0 Å². The van der Waals surface area contributed by atoms with Crippen LogP contribution < -0.4 is 5.73 Å². The zero-order chi connectivity index (χ0) is 11.1. The van der Waals surface area contributed by atoms with Gasteiger partial charge in [-0.3, -0.25) is 4.90 Å². The van der Waals surface area contributed by atoms with E-state index in [1.165, 1.54) is 51.4 Å². The summed E-state index contributed by atoms with van der Waals surface area (Å²) in [5.41, 5.74) is 5.88. The first-order valence-electron chi connectivity index (χ1n) is 6.71. The van der Waals surface area contributed by atoms with Crippen molar-refractivity contribution in [2.45, 2.75) is 70.4 Å². The highest BCUT2D eigenvalue weighted by molar-refractivity contribution is 4.81. The molecule has 0 heterocycles. The zero-order valence-corrected chi connectivity index (χ0v) is 10.5. The second kappa shape index (κ2) is 7.24. The average molecular weight is 212 g/mol. The van der Waals surface area contributed by atoms with E-state index >= 15 is 0 Å². The lowest BCUT2D eigenvalue weighted by Crippen LogP contribution is -2.43. The predicted molar refractivity (Wildman–Crippen MR) is 67.0 cm³/mol. The van der Waals surface area contributed by atoms with Crippen LogP contribution in [0.2, 0.25) is 0 Å². The van der Waals surface area contributed by atoms with Gasteiger partial charge in [0.1, 0.15) is 0 Å². The van der Waals surface area contributed by atoms with E-state index in [9.17, 15) is 0 Å². The highest BCUT2D eigenvalue weighted by Crippen LogP contribution is 2.24. The predicted octanol–water partition coefficient (Wildman–Crippen LogP) is 2.77. The Hall–Kier alpha value is -0.0800. The lowest BCUT2D eigenvalue weighted by molar-refractivity contribution is 0.167. The molecule has 1 fully saturated rings. The van der Waals surface area contributed by atoms with Gasteiger partial charge in [-0.2, -0.15) is 0 Å². The molecule has 0 aliphatic heterocycles. The Kier molecular flexibility index (Phi) is 6.26. The SMILES string of the molecule is CCCCCC(CN)N(C)C1CCCC1. The molecule has 0 saturated heterocycles. The Bertz CT molecular complexity index is 153. The Labute approximate surface area is 95.2 Å². The number of hydrogen-bond acceptors (Lipinski definition) is 2. The van der Waals surface area contributed by atoms with Crippen molar-refractivity contribution >= 4 is 0 Å². The monoisotopic (exact) mass is 212 g/mol. The molecule has 0 bridgehead atoms. The third kappa shape index (κ3) is 4.12. The molecule has 1 unspecified atom stereocenters. The van der Waals surface area contributed by atoms with Crippen molar-refractivity contribution in [2.75, 3.05) is 13.6 Å². The van der Waals surface area contributed by atoms with Gasteiger partial charge in [0.05, 0.1) is 0 Å². The normalized spacial score (nSPS) is 20.0. The van der Waals surface area contributed by atoms with E-state index in [0.717, 1.165) is 12.6 Å². The van der Waals surface area contributed by atoms with Gasteiger partial charge in [0.25, 0.3) is 0 Å². The maximum absolute atomic E-state index is 5.88. The van der Waals surface area contributed by atoms with Gasteiger partial charge in [-0.25, -0.2) is 0 Å². The van der Waals surface area contributed by atoms with E-state index in [1.54, 1.807) is 0 Å². The maximum atomic E-state index is 5.88. The van der Waals surface area contributed by atoms with Gasteiger partial charge in [0.15, 0.2) is 0 Å². The van der Waals surface area contributed by atoms with Crippen LogP contribution in [-0.4, -0.2) is 30.6 Å². The second-order valence-corrected chi connectivity index (χ2v) is 4.99. The van der Waals surface area contributed by atoms with E-state index in [0.29, 0.717) is 6.04 Å². The Morgan fingerprint density at radius 2 is 1.93 bits per heavy atom. The Morgan fingerprint density at radius 3 is 2.47 bits per heavy atom. The van der Waals surface area contributed by atoms with Gasteiger partial charge in [-0.15, -0.1) is 0 Å². The van der Waals surface area contributed by atoms with Crippen molar-refractivity contribution in [1.82, 2.24) is 4.90 Å². The quantitative estimate of drug-likeness (QED) is 0.658. The first kappa shape index (κ1) is 13.0. The van der Waals surface area contributed by atoms with E-state index in [4.69, 9.17) is 5.73 Å². The summed E-state index contributed by atoms with van der Waals surface area (Å²) < 4.78 is 0. The first-order valence-corrected chi connectivity index (χ1v) is 6.71. The summed E-state index contributed by atoms with van der Waals surface area (Å²) in [5.74, 6) is 0. The van der Waals surface area contributed by atoms with Gasteiger partial charge in [0.2, 0.25) is 0 Å². The molecule has 15 heavy (non-hydrogen) atoms. The Morgan fingerprint density at radius 1 is 1.27 bits per heavy atom. The largest absolute Gasteiger partial charge is 0.329 e. The average Bonchev–Trinajstić information content (AvgIpc) is 2.77. The van der Waals surface area contributed by atoms with E-state index in [2.05, 4.69) is 18.9 Å². The summed E-state index contributed by atoms with van der Waals surface area (Å²) in [6.07, 6.45) is 10.9. The summed E-state index contributed by atoms with van der Waals surface area (Å²) in [6.45, 7) is 3.09. The minimum absolute atomic E-state index is 0.625. The van der Waals surface area contributed by atoms with Gasteiger partial charge in [-0.1, -0.05) is 39.0 Å². The standard InChI is InChI=1S/C13H28N2/c1-3-4-5-10-13(11-14)15(2)12-8-6-7-9-12/h12-13H,3-11,14H2,1-2H3. The molecule has 90 valence electrons. The van der Waals surface area contributed by atoms with Crippen molar-refractivity contribution in [3.05, 3.63) is 0 Å². The van der Waals surface area contributed by atoms with Crippen molar-refractivity contribution < 1.29 is 0 Å². The van der Waals surface area contributed by atoms with Crippen LogP contribution in [0.4, 0.5) is 0 Å². The molecular weight excluding hydrogens is 184 g/mol. The molecule has 0 aromatic carbocycles. The molecule has 0 aromatic heterocycles. The molecule has 0 aromatic rings. The van der Waals surface area contributed by atoms with Gasteiger partial charge < -0.3 is 5.73 Å². The molecule has 2 N–H and O–H groups in total. The summed E-state index contributed by atoms with van der Waals surface area (Å²) >= 11 is 0. The fourth-order valence-corrected chi connectivity index (χ4v) is 2.73. The number of nitrogens with two attached hydrogens (primary N) is 1. The van der Waals surface area contributed by atoms with E-state index in [1.807, 2.05) is 0 Å². The van der Waals surface area contributed by atoms with Crippen molar-refractivity contribution in [3.8, 4) is 0 Å². The van der Waals surface area contributed by atoms with Gasteiger partial charge in [0, 0.05) is 18.6 Å². The topological polar surface area (TPSA) is 29.3 Å². The van der Waals surface area contributed by atoms with Crippen LogP contribution in [0, 0.1) is 0 Å². The molecule has 0 radical (unpaired) electrons. The Balaban J connectivity index is 2.28. The smallest absolute Gasteiger partial charge is 0.0218 e. The third-order valence-corrected chi connectivity index (χ3v) is 3.89. The molecule has 2 heteroatoms. The van der Waals surface area contributed by atoms with Crippen molar-refractivity contribution in [1.29, 1.82) is 0 Å². The number of unbranched alkanes of at least 4 members (excludes halogenated alkanes) is 2. The molecule has 1 saturated carbocycles. The first-order chi connectivity index (χ1) is 7.29. The minimum Gasteiger partial charge on any atom is -0.329 e. The molecule has 1 rings (SSSR count). The van der Waals surface area contributed by atoms with Crippen LogP contribution in [0.15, 0.2) is 0 Å². The van der Waals surface area contributed by atoms with Crippen LogP contribution in [0.3, 0.4) is 0 Å². The lowest BCUT2D eigenvalue weighted by atomic mass is 10.0. The van der Waals surface area contributed by atoms with Crippen molar-refractivity contribution in [2.24, 2.45) is 5.73 Å². The van der Waals surface area contributed by atoms with Crippen LogP contribution in [0.5, 0.6) is 0 Å². The van der Waals surface area contributed by atoms with Gasteiger partial charge >= 0.3 is 0 Å². The van der Waals surface area contributed by atoms with Gasteiger partial charge in [-0.05, 0) is 26.3 Å². The van der Waals surface area contributed by atoms with Crippen LogP contribution in [0.1, 0.15) is 58.3 Å². The van der Waals surface area contributed by atoms with E-state index in [-0.39, 0.29) is 0 Å². The lowest BCUT2D eigenvalue weighted by Gasteiger charge is -2.32. The minimum atomic E-state index is 0.625. The molecule has 1 atom stereocenters. The second-order valence-electron chi connectivity index (χ2n) is 4.99. The number of likely N-dealkylation sites (N-methyl/N-ethyl adjacent to an activating group) is 1. The zero-order valence-electron chi connectivity index (χ0n) is 10.5. The molecule has 0 spiro atoms. The number of hydrogen-bond donors (Lipinski definition) is 1. The summed E-state index contributed by atoms with van der Waals surface area (Å²) in [7, 11) is 2.28. The molecular formula is C13H28N2. The molecule has 0 amide bonds. The van der Waals surface area contributed by atoms with Crippen LogP contribution >= 0.6 is 0 Å². The highest BCUT2D eigenvalue weighted by Gasteiger charge is 2.24. The van der Waals surface area contributed by atoms with E-state index < -0.39 is 0 Å². The fraction of sp³-hybridized carbons (Fsp3) is 1.00. The summed E-state index contributed by atoms with van der Waals surface area (Å²) in [5, 5.41) is 0. The third-order valence-electron chi connectivity index (χ3n) is 3.89. The number of rotatable bonds is 7. The highest BCUT2D eigenvalue weighted by atomic mass is 15.2.